The Hall–Kier alpha value is -1.27. The minimum atomic E-state index is -1.68. The lowest BCUT2D eigenvalue weighted by Gasteiger charge is -2.06. The Labute approximate surface area is 109 Å². The van der Waals surface area contributed by atoms with Crippen molar-refractivity contribution in [1.29, 1.82) is 0 Å². The minimum Gasteiger partial charge on any atom is -0.201 e. The van der Waals surface area contributed by atoms with Crippen molar-refractivity contribution in [3.8, 4) is 0 Å². The van der Waals surface area contributed by atoms with Gasteiger partial charge in [0.1, 0.15) is 0 Å². The first-order chi connectivity index (χ1) is 8.49. The number of aromatic nitrogens is 1. The molecular weight excluding hydrogens is 290 g/mol. The molecule has 0 aliphatic rings. The van der Waals surface area contributed by atoms with E-state index in [1.807, 2.05) is 0 Å². The van der Waals surface area contributed by atoms with Crippen molar-refractivity contribution in [2.45, 2.75) is 9.79 Å². The second-order valence-electron chi connectivity index (χ2n) is 3.21. The van der Waals surface area contributed by atoms with Crippen LogP contribution in [0.3, 0.4) is 0 Å². The molecule has 0 radical (unpaired) electrons. The van der Waals surface area contributed by atoms with Crippen LogP contribution in [-0.4, -0.2) is 4.98 Å². The molecule has 0 unspecified atom stereocenters. The Morgan fingerprint density at radius 2 is 1.61 bits per heavy atom. The van der Waals surface area contributed by atoms with Crippen molar-refractivity contribution in [3.05, 3.63) is 52.8 Å². The molecule has 0 amide bonds. The lowest BCUT2D eigenvalue weighted by atomic mass is 10.4. The number of halogens is 5. The fourth-order valence-electron chi connectivity index (χ4n) is 1.21. The molecule has 18 heavy (non-hydrogen) atoms. The smallest absolute Gasteiger partial charge is 0.201 e. The van der Waals surface area contributed by atoms with Crippen molar-refractivity contribution >= 4 is 23.4 Å². The fourth-order valence-corrected chi connectivity index (χ4v) is 2.38. The summed E-state index contributed by atoms with van der Waals surface area (Å²) in [5.74, 6) is -6.42. The summed E-state index contributed by atoms with van der Waals surface area (Å²) in [5.41, 5.74) is 0. The van der Waals surface area contributed by atoms with Gasteiger partial charge in [-0.05, 0) is 18.2 Å². The van der Waals surface area contributed by atoms with Crippen LogP contribution in [0.25, 0.3) is 0 Å². The standard InChI is InChI=1S/C11H4ClF4NS/c12-5-2-1-3-6(4-5)18-9-7(13)10(15)17-11(16)8(9)14/h1-4H. The second kappa shape index (κ2) is 5.16. The lowest BCUT2D eigenvalue weighted by Crippen LogP contribution is -2.01. The van der Waals surface area contributed by atoms with Gasteiger partial charge in [-0.3, -0.25) is 0 Å². The molecule has 1 heterocycles. The zero-order chi connectivity index (χ0) is 13.3. The van der Waals surface area contributed by atoms with E-state index in [1.54, 1.807) is 12.1 Å². The van der Waals surface area contributed by atoms with Crippen LogP contribution in [-0.2, 0) is 0 Å². The first-order valence-corrected chi connectivity index (χ1v) is 5.82. The quantitative estimate of drug-likeness (QED) is 0.599. The van der Waals surface area contributed by atoms with E-state index in [0.717, 1.165) is 0 Å². The van der Waals surface area contributed by atoms with Gasteiger partial charge in [0, 0.05) is 9.92 Å². The Balaban J connectivity index is 2.46. The number of hydrogen-bond donors (Lipinski definition) is 0. The normalized spacial score (nSPS) is 10.7. The predicted molar refractivity (Wildman–Crippen MR) is 59.6 cm³/mol. The van der Waals surface area contributed by atoms with Crippen molar-refractivity contribution < 1.29 is 17.6 Å². The molecule has 0 aliphatic heterocycles. The summed E-state index contributed by atoms with van der Waals surface area (Å²) in [7, 11) is 0. The van der Waals surface area contributed by atoms with E-state index in [2.05, 4.69) is 4.98 Å². The predicted octanol–water partition coefficient (Wildman–Crippen LogP) is 4.44. The van der Waals surface area contributed by atoms with E-state index in [0.29, 0.717) is 21.7 Å². The largest absolute Gasteiger partial charge is 0.252 e. The topological polar surface area (TPSA) is 12.9 Å². The molecule has 0 bridgehead atoms. The fraction of sp³-hybridized carbons (Fsp3) is 0. The highest BCUT2D eigenvalue weighted by Gasteiger charge is 2.21. The molecule has 0 spiro atoms. The van der Waals surface area contributed by atoms with Gasteiger partial charge in [-0.25, -0.2) is 8.78 Å². The highest BCUT2D eigenvalue weighted by molar-refractivity contribution is 7.99. The Morgan fingerprint density at radius 1 is 1.00 bits per heavy atom. The van der Waals surface area contributed by atoms with Gasteiger partial charge < -0.3 is 0 Å². The van der Waals surface area contributed by atoms with Crippen molar-refractivity contribution in [2.24, 2.45) is 0 Å². The molecule has 0 N–H and O–H groups in total. The molecule has 94 valence electrons. The number of rotatable bonds is 2. The molecular formula is C11H4ClF4NS. The van der Waals surface area contributed by atoms with E-state index >= 15 is 0 Å². The third-order valence-corrected chi connectivity index (χ3v) is 3.26. The minimum absolute atomic E-state index is 0.343. The highest BCUT2D eigenvalue weighted by Crippen LogP contribution is 2.34. The zero-order valence-corrected chi connectivity index (χ0v) is 10.1. The summed E-state index contributed by atoms with van der Waals surface area (Å²) >= 11 is 6.22. The van der Waals surface area contributed by atoms with Crippen LogP contribution in [0, 0.1) is 23.5 Å². The molecule has 1 aromatic heterocycles. The van der Waals surface area contributed by atoms with E-state index in [9.17, 15) is 17.6 Å². The summed E-state index contributed by atoms with van der Waals surface area (Å²) in [6.45, 7) is 0. The van der Waals surface area contributed by atoms with Crippen LogP contribution in [0.2, 0.25) is 5.02 Å². The van der Waals surface area contributed by atoms with Crippen LogP contribution < -0.4 is 0 Å². The molecule has 0 aliphatic carbocycles. The summed E-state index contributed by atoms with van der Waals surface area (Å²) in [6, 6.07) is 6.04. The van der Waals surface area contributed by atoms with Gasteiger partial charge in [0.25, 0.3) is 11.9 Å². The van der Waals surface area contributed by atoms with Crippen LogP contribution in [0.1, 0.15) is 0 Å². The van der Waals surface area contributed by atoms with Gasteiger partial charge in [0.15, 0.2) is 11.6 Å². The lowest BCUT2D eigenvalue weighted by molar-refractivity contribution is 0.383. The van der Waals surface area contributed by atoms with Gasteiger partial charge in [0.05, 0.1) is 4.90 Å². The molecule has 0 atom stereocenters. The van der Waals surface area contributed by atoms with Crippen LogP contribution >= 0.6 is 23.4 Å². The molecule has 1 aromatic carbocycles. The Kier molecular flexibility index (Phi) is 3.77. The van der Waals surface area contributed by atoms with Gasteiger partial charge in [0.2, 0.25) is 0 Å². The van der Waals surface area contributed by atoms with E-state index < -0.39 is 28.4 Å². The van der Waals surface area contributed by atoms with E-state index in [1.165, 1.54) is 12.1 Å². The second-order valence-corrected chi connectivity index (χ2v) is 4.73. The molecule has 0 saturated heterocycles. The number of benzene rings is 1. The maximum atomic E-state index is 13.3. The summed E-state index contributed by atoms with van der Waals surface area (Å²) in [6.07, 6.45) is 0. The molecule has 0 saturated carbocycles. The van der Waals surface area contributed by atoms with Gasteiger partial charge in [-0.1, -0.05) is 29.4 Å². The van der Waals surface area contributed by atoms with Gasteiger partial charge >= 0.3 is 0 Å². The van der Waals surface area contributed by atoms with Crippen molar-refractivity contribution in [1.82, 2.24) is 4.98 Å². The molecule has 2 rings (SSSR count). The number of nitrogens with zero attached hydrogens (tertiary/aromatic N) is 1. The SMILES string of the molecule is Fc1nc(F)c(F)c(Sc2cccc(Cl)c2)c1F. The third kappa shape index (κ3) is 2.59. The monoisotopic (exact) mass is 293 g/mol. The summed E-state index contributed by atoms with van der Waals surface area (Å²) < 4.78 is 52.4. The first-order valence-electron chi connectivity index (χ1n) is 4.62. The first kappa shape index (κ1) is 13.2. The Morgan fingerprint density at radius 3 is 2.17 bits per heavy atom. The maximum Gasteiger partial charge on any atom is 0.252 e. The van der Waals surface area contributed by atoms with E-state index in [-0.39, 0.29) is 0 Å². The van der Waals surface area contributed by atoms with Gasteiger partial charge in [-0.15, -0.1) is 0 Å². The number of hydrogen-bond acceptors (Lipinski definition) is 2. The highest BCUT2D eigenvalue weighted by atomic mass is 35.5. The van der Waals surface area contributed by atoms with Gasteiger partial charge in [-0.2, -0.15) is 13.8 Å². The average Bonchev–Trinajstić information content (AvgIpc) is 2.32. The average molecular weight is 294 g/mol. The molecule has 1 nitrogen and oxygen atoms in total. The zero-order valence-electron chi connectivity index (χ0n) is 8.55. The Bertz CT molecular complexity index is 580. The third-order valence-electron chi connectivity index (χ3n) is 1.97. The molecule has 0 fully saturated rings. The van der Waals surface area contributed by atoms with Crippen LogP contribution in [0.4, 0.5) is 17.6 Å². The van der Waals surface area contributed by atoms with Crippen molar-refractivity contribution in [3.63, 3.8) is 0 Å². The maximum absolute atomic E-state index is 13.3. The van der Waals surface area contributed by atoms with Crippen LogP contribution in [0.15, 0.2) is 34.1 Å². The molecule has 7 heteroatoms. The molecule has 2 aromatic rings. The number of pyridine rings is 1. The van der Waals surface area contributed by atoms with Crippen LogP contribution in [0.5, 0.6) is 0 Å². The summed E-state index contributed by atoms with van der Waals surface area (Å²) in [5, 5.41) is 0.343. The van der Waals surface area contributed by atoms with Crippen molar-refractivity contribution in [2.75, 3.05) is 0 Å². The van der Waals surface area contributed by atoms with E-state index in [4.69, 9.17) is 11.6 Å². The summed E-state index contributed by atoms with van der Waals surface area (Å²) in [4.78, 5) is 2.03.